The number of allylic oxidation sites excluding steroid dienone is 1. The predicted molar refractivity (Wildman–Crippen MR) is 114 cm³/mol. The minimum atomic E-state index is -4.87. The van der Waals surface area contributed by atoms with Gasteiger partial charge in [0.2, 0.25) is 0 Å². The molecule has 4 nitrogen and oxygen atoms in total. The summed E-state index contributed by atoms with van der Waals surface area (Å²) in [5, 5.41) is 2.59. The first-order valence-electron chi connectivity index (χ1n) is 10.7. The van der Waals surface area contributed by atoms with Crippen molar-refractivity contribution >= 4 is 22.8 Å². The first-order chi connectivity index (χ1) is 15.5. The molecule has 0 spiro atoms. The van der Waals surface area contributed by atoms with Gasteiger partial charge in [0.05, 0.1) is 16.0 Å². The summed E-state index contributed by atoms with van der Waals surface area (Å²) in [6, 6.07) is 1.82. The number of aliphatic imine (C=N–C) groups is 1. The number of alkyl halides is 6. The summed E-state index contributed by atoms with van der Waals surface area (Å²) in [7, 11) is 0. The number of piperidine rings is 1. The Kier molecular flexibility index (Phi) is 6.82. The number of amidine groups is 1. The Balaban J connectivity index is 1.40. The zero-order valence-corrected chi connectivity index (χ0v) is 18.4. The number of amides is 1. The van der Waals surface area contributed by atoms with E-state index in [1.807, 2.05) is 11.0 Å². The van der Waals surface area contributed by atoms with Gasteiger partial charge in [-0.3, -0.25) is 14.7 Å². The van der Waals surface area contributed by atoms with Gasteiger partial charge in [0.15, 0.2) is 0 Å². The SMILES string of the molecule is O=C1NC(=NCC2CC2)/C(=C/C2CCN(Cc3ccc(C(F)(F)F)cc3C(F)(F)F)CC2)S1. The predicted octanol–water partition coefficient (Wildman–Crippen LogP) is 6.09. The van der Waals surface area contributed by atoms with Crippen molar-refractivity contribution in [3.63, 3.8) is 0 Å². The maximum atomic E-state index is 13.4. The van der Waals surface area contributed by atoms with Crippen molar-refractivity contribution in [3.8, 4) is 0 Å². The smallest absolute Gasteiger partial charge is 0.300 e. The number of benzene rings is 1. The Bertz CT molecular complexity index is 960. The first-order valence-corrected chi connectivity index (χ1v) is 11.6. The van der Waals surface area contributed by atoms with Crippen LogP contribution in [0.2, 0.25) is 0 Å². The fraction of sp³-hybridized carbons (Fsp3) is 0.545. The van der Waals surface area contributed by atoms with Crippen molar-refractivity contribution in [1.82, 2.24) is 10.2 Å². The number of halogens is 6. The first kappa shape index (κ1) is 24.1. The standard InChI is InChI=1S/C22H23F6N3OS/c23-21(24,25)16-4-3-15(17(10-16)22(26,27)28)12-31-7-5-13(6-8-31)9-18-19(30-20(32)33-18)29-11-14-1-2-14/h3-4,9-10,13-14H,1-2,5-8,11-12H2,(H,29,30,32)/b18-9-. The second-order valence-corrected chi connectivity index (χ2v) is 9.67. The third-order valence-corrected chi connectivity index (χ3v) is 6.85. The molecule has 1 amide bonds. The molecule has 2 aliphatic heterocycles. The maximum absolute atomic E-state index is 13.4. The third kappa shape index (κ3) is 6.32. The zero-order chi connectivity index (χ0) is 23.8. The number of hydrogen-bond acceptors (Lipinski definition) is 4. The van der Waals surface area contributed by atoms with Gasteiger partial charge in [0, 0.05) is 13.1 Å². The summed E-state index contributed by atoms with van der Waals surface area (Å²) in [6.45, 7) is 1.64. The Morgan fingerprint density at radius 3 is 2.36 bits per heavy atom. The second kappa shape index (κ2) is 9.32. The summed E-state index contributed by atoms with van der Waals surface area (Å²) in [5.74, 6) is 1.34. The van der Waals surface area contributed by atoms with Gasteiger partial charge in [-0.2, -0.15) is 26.3 Å². The van der Waals surface area contributed by atoms with Crippen LogP contribution in [0.15, 0.2) is 34.2 Å². The van der Waals surface area contributed by atoms with Crippen molar-refractivity contribution in [3.05, 3.63) is 45.9 Å². The summed E-state index contributed by atoms with van der Waals surface area (Å²) in [4.78, 5) is 18.9. The van der Waals surface area contributed by atoms with Gasteiger partial charge in [-0.25, -0.2) is 0 Å². The molecule has 2 heterocycles. The van der Waals surface area contributed by atoms with Crippen LogP contribution in [0.4, 0.5) is 31.1 Å². The molecule has 33 heavy (non-hydrogen) atoms. The van der Waals surface area contributed by atoms with E-state index in [1.54, 1.807) is 0 Å². The molecule has 3 fully saturated rings. The lowest BCUT2D eigenvalue weighted by atomic mass is 9.95. The van der Waals surface area contributed by atoms with Crippen LogP contribution in [-0.2, 0) is 18.9 Å². The fourth-order valence-electron chi connectivity index (χ4n) is 3.97. The number of nitrogens with one attached hydrogen (secondary N) is 1. The molecular formula is C22H23F6N3OS. The molecule has 1 saturated carbocycles. The normalized spacial score (nSPS) is 23.5. The van der Waals surface area contributed by atoms with Crippen LogP contribution in [-0.4, -0.2) is 35.6 Å². The molecule has 4 rings (SSSR count). The van der Waals surface area contributed by atoms with Crippen molar-refractivity contribution < 1.29 is 31.1 Å². The Morgan fingerprint density at radius 2 is 1.76 bits per heavy atom. The van der Waals surface area contributed by atoms with Gasteiger partial charge in [-0.1, -0.05) is 12.1 Å². The lowest BCUT2D eigenvalue weighted by Crippen LogP contribution is -2.33. The highest BCUT2D eigenvalue weighted by atomic mass is 32.2. The topological polar surface area (TPSA) is 44.7 Å². The highest BCUT2D eigenvalue weighted by Gasteiger charge is 2.38. The summed E-state index contributed by atoms with van der Waals surface area (Å²) < 4.78 is 78.9. The molecule has 180 valence electrons. The van der Waals surface area contributed by atoms with Gasteiger partial charge in [0.1, 0.15) is 5.84 Å². The fourth-order valence-corrected chi connectivity index (χ4v) is 4.79. The second-order valence-electron chi connectivity index (χ2n) is 8.66. The van der Waals surface area contributed by atoms with E-state index in [9.17, 15) is 31.1 Å². The van der Waals surface area contributed by atoms with Crippen LogP contribution in [0.1, 0.15) is 42.4 Å². The van der Waals surface area contributed by atoms with Crippen LogP contribution >= 0.6 is 11.8 Å². The summed E-state index contributed by atoms with van der Waals surface area (Å²) in [5.41, 5.74) is -2.71. The van der Waals surface area contributed by atoms with E-state index in [1.165, 1.54) is 0 Å². The molecular weight excluding hydrogens is 468 g/mol. The Hall–Kier alpha value is -2.01. The highest BCUT2D eigenvalue weighted by Crippen LogP contribution is 2.38. The Labute approximate surface area is 191 Å². The molecule has 11 heteroatoms. The van der Waals surface area contributed by atoms with Gasteiger partial charge >= 0.3 is 12.4 Å². The molecule has 0 unspecified atom stereocenters. The molecule has 0 aromatic heterocycles. The number of thioether (sulfide) groups is 1. The van der Waals surface area contributed by atoms with Crippen LogP contribution < -0.4 is 5.32 Å². The van der Waals surface area contributed by atoms with E-state index < -0.39 is 23.5 Å². The largest absolute Gasteiger partial charge is 0.416 e. The van der Waals surface area contributed by atoms with Crippen LogP contribution in [0.25, 0.3) is 0 Å². The van der Waals surface area contributed by atoms with Crippen LogP contribution in [0.5, 0.6) is 0 Å². The number of nitrogens with zero attached hydrogens (tertiary/aromatic N) is 2. The number of carbonyl (C=O) groups is 1. The van der Waals surface area contributed by atoms with E-state index >= 15 is 0 Å². The molecule has 1 N–H and O–H groups in total. The van der Waals surface area contributed by atoms with E-state index in [0.717, 1.165) is 35.6 Å². The lowest BCUT2D eigenvalue weighted by Gasteiger charge is -2.31. The monoisotopic (exact) mass is 491 g/mol. The molecule has 1 aromatic rings. The molecule has 1 aliphatic carbocycles. The van der Waals surface area contributed by atoms with E-state index in [2.05, 4.69) is 10.3 Å². The molecule has 0 bridgehead atoms. The van der Waals surface area contributed by atoms with Crippen molar-refractivity contribution in [2.45, 2.75) is 44.6 Å². The molecule has 1 aromatic carbocycles. The molecule has 0 atom stereocenters. The van der Waals surface area contributed by atoms with Crippen molar-refractivity contribution in [2.24, 2.45) is 16.8 Å². The van der Waals surface area contributed by atoms with Gasteiger partial charge in [-0.15, -0.1) is 0 Å². The minimum Gasteiger partial charge on any atom is -0.300 e. The number of carbonyl (C=O) groups excluding carboxylic acids is 1. The van der Waals surface area contributed by atoms with Crippen LogP contribution in [0, 0.1) is 11.8 Å². The summed E-state index contributed by atoms with van der Waals surface area (Å²) in [6.07, 6.45) is -4.03. The minimum absolute atomic E-state index is 0.0703. The van der Waals surface area contributed by atoms with E-state index in [0.29, 0.717) is 50.3 Å². The maximum Gasteiger partial charge on any atom is 0.416 e. The lowest BCUT2D eigenvalue weighted by molar-refractivity contribution is -0.143. The molecule has 3 aliphatic rings. The third-order valence-electron chi connectivity index (χ3n) is 6.02. The van der Waals surface area contributed by atoms with Gasteiger partial charge < -0.3 is 5.32 Å². The van der Waals surface area contributed by atoms with Crippen molar-refractivity contribution in [1.29, 1.82) is 0 Å². The number of rotatable bonds is 5. The average Bonchev–Trinajstić information content (AvgIpc) is 3.49. The molecule has 0 radical (unpaired) electrons. The highest BCUT2D eigenvalue weighted by molar-refractivity contribution is 8.18. The number of hydrogen-bond donors (Lipinski definition) is 1. The average molecular weight is 492 g/mol. The van der Waals surface area contributed by atoms with Crippen molar-refractivity contribution in [2.75, 3.05) is 19.6 Å². The van der Waals surface area contributed by atoms with Crippen LogP contribution in [0.3, 0.4) is 0 Å². The summed E-state index contributed by atoms with van der Waals surface area (Å²) >= 11 is 1.10. The number of likely N-dealkylation sites (tertiary alicyclic amines) is 1. The van der Waals surface area contributed by atoms with E-state index in [-0.39, 0.29) is 29.3 Å². The Morgan fingerprint density at radius 1 is 1.06 bits per heavy atom. The zero-order valence-electron chi connectivity index (χ0n) is 17.6. The van der Waals surface area contributed by atoms with E-state index in [4.69, 9.17) is 0 Å². The van der Waals surface area contributed by atoms with Gasteiger partial charge in [0.25, 0.3) is 5.24 Å². The molecule has 2 saturated heterocycles. The quantitative estimate of drug-likeness (QED) is 0.508. The van der Waals surface area contributed by atoms with Gasteiger partial charge in [-0.05, 0) is 80.1 Å².